The number of rotatable bonds is 4. The number of aromatic nitrogens is 3. The number of aryl methyl sites for hydroxylation is 1. The van der Waals surface area contributed by atoms with Crippen LogP contribution in [0.5, 0.6) is 11.8 Å². The van der Waals surface area contributed by atoms with E-state index in [0.29, 0.717) is 39.5 Å². The fourth-order valence-corrected chi connectivity index (χ4v) is 5.49. The van der Waals surface area contributed by atoms with Crippen molar-refractivity contribution in [3.8, 4) is 23.0 Å². The zero-order valence-electron chi connectivity index (χ0n) is 20.1. The van der Waals surface area contributed by atoms with Crippen molar-refractivity contribution in [1.82, 2.24) is 15.0 Å². The predicted octanol–water partition coefficient (Wildman–Crippen LogP) is 5.16. The minimum absolute atomic E-state index is 0.0177. The number of fused-ring (bicyclic) bond motifs is 2. The molecule has 9 heteroatoms. The molecule has 2 aromatic heterocycles. The van der Waals surface area contributed by atoms with Gasteiger partial charge in [0.25, 0.3) is 0 Å². The third-order valence-electron chi connectivity index (χ3n) is 7.53. The third kappa shape index (κ3) is 3.52. The smallest absolute Gasteiger partial charge is 0.318 e. The standard InChI is InChI=1S/C27H26F2N4O3/c1-3-17-20(28)5-4-15-12-16(34)13-18(21(15)17)23-22(29)24-19(14-30-23)25(32-26(31-24)35-2)33-9-6-27(7-10-33)8-11-36-27/h4-5,12-14,34H,3,6-11H2,1-2H3. The number of piperidine rings is 1. The van der Waals surface area contributed by atoms with Gasteiger partial charge in [-0.3, -0.25) is 4.98 Å². The number of hydrogen-bond acceptors (Lipinski definition) is 7. The minimum atomic E-state index is -0.677. The molecule has 4 heterocycles. The molecule has 1 N–H and O–H groups in total. The Kier molecular flexibility index (Phi) is 5.40. The molecular weight excluding hydrogens is 466 g/mol. The molecule has 0 aliphatic carbocycles. The van der Waals surface area contributed by atoms with Crippen LogP contribution in [0.2, 0.25) is 0 Å². The summed E-state index contributed by atoms with van der Waals surface area (Å²) in [6, 6.07) is 5.94. The van der Waals surface area contributed by atoms with Gasteiger partial charge in [0.05, 0.1) is 24.7 Å². The minimum Gasteiger partial charge on any atom is -0.508 e. The van der Waals surface area contributed by atoms with E-state index in [9.17, 15) is 9.50 Å². The van der Waals surface area contributed by atoms with Gasteiger partial charge in [-0.2, -0.15) is 9.97 Å². The first kappa shape index (κ1) is 22.8. The second kappa shape index (κ2) is 8.51. The van der Waals surface area contributed by atoms with Gasteiger partial charge in [0.2, 0.25) is 0 Å². The van der Waals surface area contributed by atoms with Crippen LogP contribution in [0, 0.1) is 11.6 Å². The van der Waals surface area contributed by atoms with Crippen LogP contribution in [0.15, 0.2) is 30.5 Å². The molecule has 1 spiro atoms. The average Bonchev–Trinajstić information content (AvgIpc) is 2.87. The van der Waals surface area contributed by atoms with Gasteiger partial charge >= 0.3 is 6.01 Å². The fourth-order valence-electron chi connectivity index (χ4n) is 5.49. The van der Waals surface area contributed by atoms with Crippen molar-refractivity contribution in [3.63, 3.8) is 0 Å². The topological polar surface area (TPSA) is 80.6 Å². The quantitative estimate of drug-likeness (QED) is 0.422. The first-order valence-electron chi connectivity index (χ1n) is 12.2. The number of aromatic hydroxyl groups is 1. The van der Waals surface area contributed by atoms with E-state index in [1.165, 1.54) is 25.3 Å². The summed E-state index contributed by atoms with van der Waals surface area (Å²) in [6.07, 6.45) is 4.75. The molecule has 2 saturated heterocycles. The Labute approximate surface area is 206 Å². The number of phenolic OH excluding ortho intramolecular Hbond substituents is 1. The Morgan fingerprint density at radius 1 is 1.14 bits per heavy atom. The van der Waals surface area contributed by atoms with Crippen molar-refractivity contribution in [1.29, 1.82) is 0 Å². The van der Waals surface area contributed by atoms with Crippen LogP contribution in [0.25, 0.3) is 32.9 Å². The zero-order chi connectivity index (χ0) is 25.0. The maximum atomic E-state index is 16.2. The van der Waals surface area contributed by atoms with Crippen LogP contribution in [-0.4, -0.2) is 52.5 Å². The Morgan fingerprint density at radius 3 is 2.58 bits per heavy atom. The van der Waals surface area contributed by atoms with E-state index in [1.807, 2.05) is 6.92 Å². The first-order chi connectivity index (χ1) is 17.4. The second-order valence-corrected chi connectivity index (χ2v) is 9.46. The Morgan fingerprint density at radius 2 is 1.92 bits per heavy atom. The average molecular weight is 493 g/mol. The maximum Gasteiger partial charge on any atom is 0.318 e. The Balaban J connectivity index is 1.53. The molecule has 7 nitrogen and oxygen atoms in total. The van der Waals surface area contributed by atoms with Gasteiger partial charge in [-0.05, 0) is 60.2 Å². The lowest BCUT2D eigenvalue weighted by atomic mass is 9.84. The van der Waals surface area contributed by atoms with Crippen molar-refractivity contribution in [3.05, 3.63) is 47.7 Å². The molecule has 186 valence electrons. The monoisotopic (exact) mass is 492 g/mol. The highest BCUT2D eigenvalue weighted by molar-refractivity contribution is 6.01. The summed E-state index contributed by atoms with van der Waals surface area (Å²) in [5.41, 5.74) is 0.749. The van der Waals surface area contributed by atoms with Gasteiger partial charge in [-0.15, -0.1) is 0 Å². The molecule has 0 saturated carbocycles. The number of hydrogen-bond donors (Lipinski definition) is 1. The van der Waals surface area contributed by atoms with Gasteiger partial charge in [0.1, 0.15) is 28.6 Å². The predicted molar refractivity (Wildman–Crippen MR) is 133 cm³/mol. The summed E-state index contributed by atoms with van der Waals surface area (Å²) in [6.45, 7) is 4.07. The third-order valence-corrected chi connectivity index (χ3v) is 7.53. The SMILES string of the molecule is CCc1c(F)ccc2cc(O)cc(-c3ncc4c(N5CCC6(CCO6)CC5)nc(OC)nc4c3F)c12. The highest BCUT2D eigenvalue weighted by Gasteiger charge is 2.41. The molecule has 0 amide bonds. The summed E-state index contributed by atoms with van der Waals surface area (Å²) >= 11 is 0. The van der Waals surface area contributed by atoms with E-state index in [0.717, 1.165) is 39.0 Å². The molecule has 2 aliphatic rings. The highest BCUT2D eigenvalue weighted by Crippen LogP contribution is 2.41. The first-order valence-corrected chi connectivity index (χ1v) is 12.2. The maximum absolute atomic E-state index is 16.2. The van der Waals surface area contributed by atoms with Crippen molar-refractivity contribution >= 4 is 27.5 Å². The largest absolute Gasteiger partial charge is 0.508 e. The van der Waals surface area contributed by atoms with E-state index in [1.54, 1.807) is 12.3 Å². The molecule has 36 heavy (non-hydrogen) atoms. The summed E-state index contributed by atoms with van der Waals surface area (Å²) in [7, 11) is 1.44. The summed E-state index contributed by atoms with van der Waals surface area (Å²) in [5.74, 6) is -0.565. The van der Waals surface area contributed by atoms with Crippen LogP contribution < -0.4 is 9.64 Å². The number of anilines is 1. The van der Waals surface area contributed by atoms with Crippen LogP contribution >= 0.6 is 0 Å². The van der Waals surface area contributed by atoms with Crippen molar-refractivity contribution < 1.29 is 23.4 Å². The number of phenols is 1. The summed E-state index contributed by atoms with van der Waals surface area (Å²) < 4.78 is 42.0. The highest BCUT2D eigenvalue weighted by atomic mass is 19.1. The molecular formula is C27H26F2N4O3. The number of ether oxygens (including phenoxy) is 2. The molecule has 2 aromatic carbocycles. The van der Waals surface area contributed by atoms with E-state index in [4.69, 9.17) is 9.47 Å². The van der Waals surface area contributed by atoms with Crippen LogP contribution in [0.1, 0.15) is 31.7 Å². The molecule has 0 bridgehead atoms. The van der Waals surface area contributed by atoms with Gasteiger partial charge in [-0.1, -0.05) is 13.0 Å². The van der Waals surface area contributed by atoms with Crippen LogP contribution in [0.4, 0.5) is 14.6 Å². The Hall–Kier alpha value is -3.59. The van der Waals surface area contributed by atoms with Gasteiger partial charge < -0.3 is 19.5 Å². The number of nitrogens with zero attached hydrogens (tertiary/aromatic N) is 4. The zero-order valence-corrected chi connectivity index (χ0v) is 20.1. The molecule has 0 unspecified atom stereocenters. The number of pyridine rings is 1. The molecule has 6 rings (SSSR count). The van der Waals surface area contributed by atoms with Gasteiger partial charge in [0.15, 0.2) is 5.82 Å². The summed E-state index contributed by atoms with van der Waals surface area (Å²) in [5, 5.41) is 12.0. The van der Waals surface area contributed by atoms with E-state index >= 15 is 4.39 Å². The normalized spacial score (nSPS) is 17.1. The van der Waals surface area contributed by atoms with Crippen molar-refractivity contribution in [2.45, 2.75) is 38.2 Å². The summed E-state index contributed by atoms with van der Waals surface area (Å²) in [4.78, 5) is 15.4. The number of halogens is 2. The van der Waals surface area contributed by atoms with Gasteiger partial charge in [-0.25, -0.2) is 8.78 Å². The Bertz CT molecular complexity index is 1500. The van der Waals surface area contributed by atoms with Crippen molar-refractivity contribution in [2.24, 2.45) is 0 Å². The molecule has 2 fully saturated rings. The van der Waals surface area contributed by atoms with E-state index in [-0.39, 0.29) is 34.4 Å². The number of methoxy groups -OCH3 is 1. The van der Waals surface area contributed by atoms with Gasteiger partial charge in [0, 0.05) is 24.8 Å². The lowest BCUT2D eigenvalue weighted by Crippen LogP contribution is -2.52. The van der Waals surface area contributed by atoms with E-state index in [2.05, 4.69) is 19.9 Å². The lowest BCUT2D eigenvalue weighted by Gasteiger charge is -2.47. The molecule has 0 radical (unpaired) electrons. The number of benzene rings is 2. The van der Waals surface area contributed by atoms with Crippen LogP contribution in [-0.2, 0) is 11.2 Å². The lowest BCUT2D eigenvalue weighted by molar-refractivity contribution is -0.158. The molecule has 2 aliphatic heterocycles. The van der Waals surface area contributed by atoms with Crippen LogP contribution in [0.3, 0.4) is 0 Å². The van der Waals surface area contributed by atoms with Crippen molar-refractivity contribution in [2.75, 3.05) is 31.7 Å². The second-order valence-electron chi connectivity index (χ2n) is 9.46. The molecule has 0 atom stereocenters. The molecule has 4 aromatic rings. The van der Waals surface area contributed by atoms with E-state index < -0.39 is 5.82 Å². The fraction of sp³-hybridized carbons (Fsp3) is 0.370.